The molecule has 0 bridgehead atoms. The summed E-state index contributed by atoms with van der Waals surface area (Å²) in [5.74, 6) is -0.808. The van der Waals surface area contributed by atoms with Gasteiger partial charge in [-0.15, -0.1) is 0 Å². The number of rotatable bonds is 42. The Morgan fingerprint density at radius 2 is 0.911 bits per heavy atom. The number of allylic oxidation sites excluding steroid dienone is 8. The number of ether oxygens (including phenoxy) is 2. The van der Waals surface area contributed by atoms with Crippen molar-refractivity contribution in [2.45, 2.75) is 219 Å². The molecule has 0 aromatic heterocycles. The third-order valence-electron chi connectivity index (χ3n) is 9.65. The highest BCUT2D eigenvalue weighted by molar-refractivity contribution is 7.47. The van der Waals surface area contributed by atoms with Crippen molar-refractivity contribution < 1.29 is 37.6 Å². The van der Waals surface area contributed by atoms with E-state index < -0.39 is 26.5 Å². The van der Waals surface area contributed by atoms with E-state index in [1.54, 1.807) is 6.92 Å². The normalized spacial score (nSPS) is 13.7. The van der Waals surface area contributed by atoms with Crippen LogP contribution in [0.15, 0.2) is 48.6 Å². The van der Waals surface area contributed by atoms with Gasteiger partial charge in [0.25, 0.3) is 0 Å². The van der Waals surface area contributed by atoms with Gasteiger partial charge < -0.3 is 14.4 Å². The van der Waals surface area contributed by atoms with Crippen LogP contribution in [0.3, 0.4) is 0 Å². The summed E-state index contributed by atoms with van der Waals surface area (Å²) >= 11 is 0. The van der Waals surface area contributed by atoms with Gasteiger partial charge in [-0.2, -0.15) is 0 Å². The van der Waals surface area contributed by atoms with Gasteiger partial charge in [-0.25, -0.2) is 4.57 Å². The second-order valence-corrected chi connectivity index (χ2v) is 16.5. The first kappa shape index (κ1) is 54.0. The summed E-state index contributed by atoms with van der Waals surface area (Å²) in [5.41, 5.74) is 0. The molecule has 56 heavy (non-hydrogen) atoms. The maximum absolute atomic E-state index is 12.6. The van der Waals surface area contributed by atoms with Crippen molar-refractivity contribution in [2.24, 2.45) is 0 Å². The van der Waals surface area contributed by atoms with E-state index in [0.717, 1.165) is 83.5 Å². The molecule has 2 unspecified atom stereocenters. The maximum atomic E-state index is 12.6. The molecular weight excluding hydrogens is 723 g/mol. The average molecular weight is 809 g/mol. The van der Waals surface area contributed by atoms with Crippen molar-refractivity contribution in [2.75, 3.05) is 19.8 Å². The molecule has 0 aliphatic rings. The Morgan fingerprint density at radius 1 is 0.500 bits per heavy atom. The van der Waals surface area contributed by atoms with E-state index in [1.165, 1.54) is 89.9 Å². The zero-order chi connectivity index (χ0) is 41.1. The summed E-state index contributed by atoms with van der Waals surface area (Å²) in [6.07, 6.45) is 50.2. The van der Waals surface area contributed by atoms with E-state index in [9.17, 15) is 19.0 Å². The van der Waals surface area contributed by atoms with Crippen LogP contribution in [0.1, 0.15) is 213 Å². The number of phosphoric ester groups is 1. The molecular formula is C47H85O8P. The molecule has 0 aromatic rings. The first-order valence-electron chi connectivity index (χ1n) is 22.9. The summed E-state index contributed by atoms with van der Waals surface area (Å²) in [6, 6.07) is 0. The van der Waals surface area contributed by atoms with E-state index in [-0.39, 0.29) is 25.6 Å². The Labute approximate surface area is 344 Å². The quantitative estimate of drug-likeness (QED) is 0.0281. The summed E-state index contributed by atoms with van der Waals surface area (Å²) in [7, 11) is -4.29. The van der Waals surface area contributed by atoms with Gasteiger partial charge in [0.05, 0.1) is 13.2 Å². The van der Waals surface area contributed by atoms with Crippen LogP contribution in [0.2, 0.25) is 0 Å². The highest BCUT2D eigenvalue weighted by Gasteiger charge is 2.25. The highest BCUT2D eigenvalue weighted by Crippen LogP contribution is 2.43. The van der Waals surface area contributed by atoms with Gasteiger partial charge in [0, 0.05) is 12.8 Å². The van der Waals surface area contributed by atoms with Gasteiger partial charge in [-0.05, 0) is 58.3 Å². The fourth-order valence-electron chi connectivity index (χ4n) is 6.33. The fourth-order valence-corrected chi connectivity index (χ4v) is 7.08. The SMILES string of the molecule is CC/C=C\C/C=C\C/C=C\C/C=C\CCCCCCCCC(=O)OC(COC(=O)CCCCCCCCCCCCCCCCCCC)COP(=O)(O)OCC. The van der Waals surface area contributed by atoms with Crippen molar-refractivity contribution in [3.8, 4) is 0 Å². The fraction of sp³-hybridized carbons (Fsp3) is 0.787. The van der Waals surface area contributed by atoms with Crippen LogP contribution in [0.5, 0.6) is 0 Å². The number of unbranched alkanes of at least 4 members (excludes halogenated alkanes) is 22. The summed E-state index contributed by atoms with van der Waals surface area (Å²) < 4.78 is 32.7. The summed E-state index contributed by atoms with van der Waals surface area (Å²) in [5, 5.41) is 0. The predicted octanol–water partition coefficient (Wildman–Crippen LogP) is 14.6. The van der Waals surface area contributed by atoms with Crippen LogP contribution in [0.25, 0.3) is 0 Å². The van der Waals surface area contributed by atoms with E-state index in [4.69, 9.17) is 18.5 Å². The summed E-state index contributed by atoms with van der Waals surface area (Å²) in [6.45, 7) is 5.37. The second-order valence-electron chi connectivity index (χ2n) is 15.0. The van der Waals surface area contributed by atoms with E-state index >= 15 is 0 Å². The third kappa shape index (κ3) is 41.6. The van der Waals surface area contributed by atoms with Gasteiger partial charge in [0.15, 0.2) is 6.10 Å². The first-order chi connectivity index (χ1) is 27.3. The van der Waals surface area contributed by atoms with Crippen molar-refractivity contribution in [3.05, 3.63) is 48.6 Å². The lowest BCUT2D eigenvalue weighted by Crippen LogP contribution is -2.29. The molecule has 0 rings (SSSR count). The Kier molecular flexibility index (Phi) is 41.1. The predicted molar refractivity (Wildman–Crippen MR) is 235 cm³/mol. The number of phosphoric acid groups is 1. The van der Waals surface area contributed by atoms with Crippen LogP contribution < -0.4 is 0 Å². The third-order valence-corrected chi connectivity index (χ3v) is 10.7. The van der Waals surface area contributed by atoms with Gasteiger partial charge in [-0.1, -0.05) is 191 Å². The van der Waals surface area contributed by atoms with Crippen molar-refractivity contribution >= 4 is 19.8 Å². The largest absolute Gasteiger partial charge is 0.472 e. The van der Waals surface area contributed by atoms with Gasteiger partial charge in [0.2, 0.25) is 0 Å². The molecule has 0 saturated carbocycles. The number of hydrogen-bond donors (Lipinski definition) is 1. The van der Waals surface area contributed by atoms with Crippen LogP contribution in [0, 0.1) is 0 Å². The smallest absolute Gasteiger partial charge is 0.462 e. The van der Waals surface area contributed by atoms with Crippen LogP contribution in [-0.4, -0.2) is 42.8 Å². The van der Waals surface area contributed by atoms with Crippen molar-refractivity contribution in [3.63, 3.8) is 0 Å². The molecule has 0 saturated heterocycles. The molecule has 0 aliphatic heterocycles. The Morgan fingerprint density at radius 3 is 1.38 bits per heavy atom. The molecule has 8 nitrogen and oxygen atoms in total. The number of carbonyl (C=O) groups excluding carboxylic acids is 2. The van der Waals surface area contributed by atoms with E-state index in [2.05, 4.69) is 62.5 Å². The second kappa shape index (κ2) is 42.6. The Bertz CT molecular complexity index is 1050. The van der Waals surface area contributed by atoms with Crippen molar-refractivity contribution in [1.29, 1.82) is 0 Å². The minimum atomic E-state index is -4.29. The molecule has 1 N–H and O–H groups in total. The molecule has 0 aliphatic carbocycles. The highest BCUT2D eigenvalue weighted by atomic mass is 31.2. The monoisotopic (exact) mass is 809 g/mol. The first-order valence-corrected chi connectivity index (χ1v) is 24.4. The number of hydrogen-bond acceptors (Lipinski definition) is 7. The minimum absolute atomic E-state index is 0.00297. The molecule has 0 fully saturated rings. The molecule has 0 amide bonds. The average Bonchev–Trinajstić information content (AvgIpc) is 3.18. The topological polar surface area (TPSA) is 108 Å². The van der Waals surface area contributed by atoms with Crippen LogP contribution in [0.4, 0.5) is 0 Å². The molecule has 0 heterocycles. The van der Waals surface area contributed by atoms with E-state index in [0.29, 0.717) is 12.8 Å². The van der Waals surface area contributed by atoms with Crippen LogP contribution >= 0.6 is 7.82 Å². The zero-order valence-electron chi connectivity index (χ0n) is 36.3. The lowest BCUT2D eigenvalue weighted by Gasteiger charge is -2.19. The Hall–Kier alpha value is -1.99. The molecule has 0 spiro atoms. The van der Waals surface area contributed by atoms with Crippen molar-refractivity contribution in [1.82, 2.24) is 0 Å². The lowest BCUT2D eigenvalue weighted by atomic mass is 10.0. The molecule has 2 atom stereocenters. The van der Waals surface area contributed by atoms with E-state index in [1.807, 2.05) is 0 Å². The van der Waals surface area contributed by atoms with Crippen LogP contribution in [-0.2, 0) is 32.7 Å². The van der Waals surface area contributed by atoms with Gasteiger partial charge in [0.1, 0.15) is 6.61 Å². The zero-order valence-corrected chi connectivity index (χ0v) is 37.2. The number of carbonyl (C=O) groups is 2. The standard InChI is InChI=1S/C47H85O8P/c1-4-7-9-11-13-15-17-19-21-23-24-26-28-30-32-34-36-38-40-42-47(49)55-45(44-54-56(50,51)53-6-3)43-52-46(48)41-39-37-35-33-31-29-27-25-22-20-18-16-14-12-10-8-5-2/h7,9,13,15,19,21,24,26,45H,4-6,8,10-12,14,16-18,20,22-23,25,27-44H2,1-3H3,(H,50,51)/b9-7-,15-13-,21-19-,26-24-. The molecule has 0 radical (unpaired) electrons. The van der Waals surface area contributed by atoms with Gasteiger partial charge >= 0.3 is 19.8 Å². The summed E-state index contributed by atoms with van der Waals surface area (Å²) in [4.78, 5) is 34.8. The Balaban J connectivity index is 4.07. The minimum Gasteiger partial charge on any atom is -0.462 e. The lowest BCUT2D eigenvalue weighted by molar-refractivity contribution is -0.161. The van der Waals surface area contributed by atoms with Gasteiger partial charge in [-0.3, -0.25) is 18.6 Å². The maximum Gasteiger partial charge on any atom is 0.472 e. The molecule has 9 heteroatoms. The molecule has 326 valence electrons. The molecule has 0 aromatic carbocycles. The number of esters is 2.